The van der Waals surface area contributed by atoms with E-state index in [-0.39, 0.29) is 23.9 Å². The fourth-order valence-corrected chi connectivity index (χ4v) is 2.33. The first-order valence-corrected chi connectivity index (χ1v) is 8.50. The molecule has 1 saturated carbocycles. The summed E-state index contributed by atoms with van der Waals surface area (Å²) < 4.78 is 29.5. The molecular weight excluding hydrogens is 313 g/mol. The van der Waals surface area contributed by atoms with E-state index < -0.39 is 0 Å². The normalized spacial score (nSPS) is 14.3. The number of amides is 1. The highest BCUT2D eigenvalue weighted by atomic mass is 19.1. The largest absolute Gasteiger partial charge is 0.491 e. The molecule has 134 valence electrons. The molecule has 1 fully saturated rings. The van der Waals surface area contributed by atoms with Crippen LogP contribution in [0.4, 0.5) is 9.18 Å². The number of hydrogen-bond acceptors (Lipinski definition) is 4. The summed E-state index contributed by atoms with van der Waals surface area (Å²) in [6.07, 6.45) is 2.74. The lowest BCUT2D eigenvalue weighted by atomic mass is 9.96. The van der Waals surface area contributed by atoms with Gasteiger partial charge in [-0.25, -0.2) is 9.18 Å². The Balaban J connectivity index is 1.56. The van der Waals surface area contributed by atoms with Crippen molar-refractivity contribution in [1.29, 1.82) is 0 Å². The van der Waals surface area contributed by atoms with Crippen LogP contribution in [0.15, 0.2) is 18.2 Å². The maximum Gasteiger partial charge on any atom is 0.407 e. The van der Waals surface area contributed by atoms with Crippen LogP contribution in [0.2, 0.25) is 0 Å². The lowest BCUT2D eigenvalue weighted by molar-refractivity contribution is 0.0490. The van der Waals surface area contributed by atoms with Crippen LogP contribution in [-0.4, -0.2) is 38.6 Å². The van der Waals surface area contributed by atoms with Crippen molar-refractivity contribution in [2.45, 2.75) is 45.1 Å². The number of alkyl carbamates (subject to hydrolysis) is 1. The summed E-state index contributed by atoms with van der Waals surface area (Å²) in [5.41, 5.74) is 0.969. The smallest absolute Gasteiger partial charge is 0.407 e. The predicted octanol–water partition coefficient (Wildman–Crippen LogP) is 3.62. The maximum absolute atomic E-state index is 13.3. The summed E-state index contributed by atoms with van der Waals surface area (Å²) in [5.74, 6) is 0.493. The molecule has 24 heavy (non-hydrogen) atoms. The molecule has 6 heteroatoms. The van der Waals surface area contributed by atoms with Gasteiger partial charge in [-0.3, -0.25) is 0 Å². The third kappa shape index (κ3) is 6.00. The third-order valence-electron chi connectivity index (χ3n) is 3.92. The molecule has 0 aromatic heterocycles. The molecule has 1 N–H and O–H groups in total. The maximum atomic E-state index is 13.3. The molecule has 0 spiro atoms. The van der Waals surface area contributed by atoms with E-state index in [1.54, 1.807) is 6.07 Å². The summed E-state index contributed by atoms with van der Waals surface area (Å²) in [6, 6.07) is 4.58. The first-order valence-electron chi connectivity index (χ1n) is 8.50. The van der Waals surface area contributed by atoms with Gasteiger partial charge in [0.25, 0.3) is 0 Å². The minimum absolute atomic E-state index is 0.0840. The Hall–Kier alpha value is -1.82. The molecule has 0 atom stereocenters. The van der Waals surface area contributed by atoms with Crippen molar-refractivity contribution in [1.82, 2.24) is 5.32 Å². The first kappa shape index (κ1) is 18.5. The molecule has 0 bridgehead atoms. The van der Waals surface area contributed by atoms with E-state index in [0.717, 1.165) is 24.8 Å². The fourth-order valence-electron chi connectivity index (χ4n) is 2.33. The Morgan fingerprint density at radius 3 is 2.75 bits per heavy atom. The number of carbonyl (C=O) groups excluding carboxylic acids is 1. The molecule has 1 aliphatic rings. The summed E-state index contributed by atoms with van der Waals surface area (Å²) in [4.78, 5) is 11.4. The van der Waals surface area contributed by atoms with Crippen LogP contribution in [0.5, 0.6) is 5.75 Å². The first-order chi connectivity index (χ1) is 11.6. The average Bonchev–Trinajstić information content (AvgIpc) is 2.49. The summed E-state index contributed by atoms with van der Waals surface area (Å²) >= 11 is 0. The van der Waals surface area contributed by atoms with Crippen LogP contribution in [0, 0.1) is 5.82 Å². The van der Waals surface area contributed by atoms with Gasteiger partial charge in [-0.1, -0.05) is 19.9 Å². The minimum atomic E-state index is -0.388. The number of hydrogen-bond donors (Lipinski definition) is 1. The zero-order valence-corrected chi connectivity index (χ0v) is 14.3. The van der Waals surface area contributed by atoms with Crippen LogP contribution in [0.25, 0.3) is 0 Å². The van der Waals surface area contributed by atoms with Gasteiger partial charge in [0.15, 0.2) is 0 Å². The van der Waals surface area contributed by atoms with Crippen LogP contribution < -0.4 is 10.1 Å². The Bertz CT molecular complexity index is 532. The quantitative estimate of drug-likeness (QED) is 0.698. The number of benzene rings is 1. The summed E-state index contributed by atoms with van der Waals surface area (Å²) in [5, 5.41) is 2.65. The van der Waals surface area contributed by atoms with Gasteiger partial charge in [-0.15, -0.1) is 0 Å². The zero-order valence-electron chi connectivity index (χ0n) is 14.3. The second-order valence-electron chi connectivity index (χ2n) is 6.18. The van der Waals surface area contributed by atoms with Crippen LogP contribution in [0.3, 0.4) is 0 Å². The van der Waals surface area contributed by atoms with Crippen molar-refractivity contribution in [3.63, 3.8) is 0 Å². The lowest BCUT2D eigenvalue weighted by Gasteiger charge is -2.25. The van der Waals surface area contributed by atoms with E-state index in [9.17, 15) is 9.18 Å². The van der Waals surface area contributed by atoms with E-state index in [0.29, 0.717) is 32.1 Å². The lowest BCUT2D eigenvalue weighted by Crippen LogP contribution is -2.34. The van der Waals surface area contributed by atoms with E-state index in [4.69, 9.17) is 14.2 Å². The van der Waals surface area contributed by atoms with Gasteiger partial charge in [-0.05, 0) is 36.8 Å². The number of halogens is 1. The van der Waals surface area contributed by atoms with Gasteiger partial charge in [0.2, 0.25) is 0 Å². The van der Waals surface area contributed by atoms with E-state index >= 15 is 0 Å². The standard InChI is InChI=1S/C18H26FNO4/c1-13(2)16-7-6-14(19)12-17(16)23-11-10-22-9-8-20-18(21)24-15-4-3-5-15/h6-7,12-13,15H,3-5,8-11H2,1-2H3,(H,20,21). The second-order valence-corrected chi connectivity index (χ2v) is 6.18. The van der Waals surface area contributed by atoms with Gasteiger partial charge in [0.05, 0.1) is 13.2 Å². The van der Waals surface area contributed by atoms with Crippen molar-refractivity contribution >= 4 is 6.09 Å². The van der Waals surface area contributed by atoms with E-state index in [1.165, 1.54) is 12.1 Å². The van der Waals surface area contributed by atoms with E-state index in [1.807, 2.05) is 13.8 Å². The summed E-state index contributed by atoms with van der Waals surface area (Å²) in [6.45, 7) is 5.53. The zero-order chi connectivity index (χ0) is 17.4. The number of carbonyl (C=O) groups is 1. The SMILES string of the molecule is CC(C)c1ccc(F)cc1OCCOCCNC(=O)OC1CCC1. The Labute approximate surface area is 142 Å². The number of ether oxygens (including phenoxy) is 3. The number of rotatable bonds is 9. The molecule has 1 aliphatic carbocycles. The van der Waals surface area contributed by atoms with Gasteiger partial charge in [-0.2, -0.15) is 0 Å². The topological polar surface area (TPSA) is 56.8 Å². The number of nitrogens with one attached hydrogen (secondary N) is 1. The van der Waals surface area contributed by atoms with Gasteiger partial charge in [0, 0.05) is 12.6 Å². The minimum Gasteiger partial charge on any atom is -0.491 e. The van der Waals surface area contributed by atoms with Crippen molar-refractivity contribution < 1.29 is 23.4 Å². The monoisotopic (exact) mass is 339 g/mol. The molecular formula is C18H26FNO4. The van der Waals surface area contributed by atoms with Crippen LogP contribution in [0.1, 0.15) is 44.6 Å². The molecule has 0 heterocycles. The molecule has 2 rings (SSSR count). The Morgan fingerprint density at radius 1 is 1.29 bits per heavy atom. The van der Waals surface area contributed by atoms with Crippen molar-refractivity contribution in [2.24, 2.45) is 0 Å². The summed E-state index contributed by atoms with van der Waals surface area (Å²) in [7, 11) is 0. The average molecular weight is 339 g/mol. The molecule has 1 amide bonds. The Morgan fingerprint density at radius 2 is 2.08 bits per heavy atom. The highest BCUT2D eigenvalue weighted by Crippen LogP contribution is 2.27. The van der Waals surface area contributed by atoms with Gasteiger partial charge < -0.3 is 19.5 Å². The molecule has 5 nitrogen and oxygen atoms in total. The highest BCUT2D eigenvalue weighted by Gasteiger charge is 2.21. The highest BCUT2D eigenvalue weighted by molar-refractivity contribution is 5.67. The fraction of sp³-hybridized carbons (Fsp3) is 0.611. The second kappa shape index (κ2) is 9.47. The van der Waals surface area contributed by atoms with Crippen molar-refractivity contribution in [2.75, 3.05) is 26.4 Å². The molecule has 0 unspecified atom stereocenters. The van der Waals surface area contributed by atoms with E-state index in [2.05, 4.69) is 5.32 Å². The molecule has 1 aromatic carbocycles. The van der Waals surface area contributed by atoms with Crippen LogP contribution in [-0.2, 0) is 9.47 Å². The molecule has 0 saturated heterocycles. The van der Waals surface area contributed by atoms with Crippen molar-refractivity contribution in [3.8, 4) is 5.75 Å². The third-order valence-corrected chi connectivity index (χ3v) is 3.92. The van der Waals surface area contributed by atoms with Gasteiger partial charge in [0.1, 0.15) is 24.3 Å². The molecule has 0 aliphatic heterocycles. The van der Waals surface area contributed by atoms with Crippen molar-refractivity contribution in [3.05, 3.63) is 29.6 Å². The molecule has 1 aromatic rings. The van der Waals surface area contributed by atoms with Crippen LogP contribution >= 0.6 is 0 Å². The predicted molar refractivity (Wildman–Crippen MR) is 88.9 cm³/mol. The molecule has 0 radical (unpaired) electrons. The van der Waals surface area contributed by atoms with Gasteiger partial charge >= 0.3 is 6.09 Å². The Kier molecular flexibility index (Phi) is 7.31.